The number of para-hydroxylation sites is 3. The Balaban J connectivity index is 1.57. The lowest BCUT2D eigenvalue weighted by atomic mass is 9.98. The number of benzene rings is 7. The summed E-state index contributed by atoms with van der Waals surface area (Å²) >= 11 is 0. The van der Waals surface area contributed by atoms with Gasteiger partial charge in [0.15, 0.2) is 0 Å². The van der Waals surface area contributed by atoms with Crippen molar-refractivity contribution in [3.05, 3.63) is 146 Å². The molecule has 0 aliphatic rings. The monoisotopic (exact) mass is 532 g/mol. The first kappa shape index (κ1) is 22.1. The summed E-state index contributed by atoms with van der Waals surface area (Å²) in [6, 6.07) is 53.4. The lowest BCUT2D eigenvalue weighted by Gasteiger charge is -2.15. The number of aromatic nitrogens is 2. The van der Waals surface area contributed by atoms with Crippen LogP contribution >= 0.6 is 0 Å². The fourth-order valence-corrected chi connectivity index (χ4v) is 7.57. The standard InChI is InChI=1S/C40H24N2/c1-2-12-25(13-3-1)27-15-6-9-19-32(27)41-35-23-22-30-29-17-7-10-20-33(29)42-34-21-11-8-18-31(34)37-28-16-5-4-14-26(28)24-36(41)38(37)39(35)40(30)42/h1-24H. The molecule has 0 amide bonds. The van der Waals surface area contributed by atoms with E-state index in [0.29, 0.717) is 0 Å². The van der Waals surface area contributed by atoms with Gasteiger partial charge in [-0.25, -0.2) is 0 Å². The van der Waals surface area contributed by atoms with Crippen molar-refractivity contribution in [1.29, 1.82) is 0 Å². The molecule has 0 atom stereocenters. The quantitative estimate of drug-likeness (QED) is 0.209. The lowest BCUT2D eigenvalue weighted by Crippen LogP contribution is -1.97. The van der Waals surface area contributed by atoms with Crippen LogP contribution in [0.2, 0.25) is 0 Å². The number of hydrogen-bond donors (Lipinski definition) is 0. The molecule has 10 rings (SSSR count). The zero-order chi connectivity index (χ0) is 27.4. The number of hydrogen-bond acceptors (Lipinski definition) is 0. The highest BCUT2D eigenvalue weighted by Crippen LogP contribution is 2.48. The molecule has 194 valence electrons. The summed E-state index contributed by atoms with van der Waals surface area (Å²) in [5.41, 5.74) is 9.88. The molecule has 0 bridgehead atoms. The van der Waals surface area contributed by atoms with Gasteiger partial charge < -0.3 is 8.97 Å². The molecule has 3 heterocycles. The first-order chi connectivity index (χ1) is 20.9. The molecule has 3 aromatic heterocycles. The van der Waals surface area contributed by atoms with Gasteiger partial charge in [0.1, 0.15) is 0 Å². The third-order valence-electron chi connectivity index (χ3n) is 9.22. The minimum atomic E-state index is 1.20. The maximum Gasteiger partial charge on any atom is 0.0641 e. The van der Waals surface area contributed by atoms with Crippen molar-refractivity contribution in [3.63, 3.8) is 0 Å². The van der Waals surface area contributed by atoms with E-state index in [-0.39, 0.29) is 0 Å². The van der Waals surface area contributed by atoms with Gasteiger partial charge in [0, 0.05) is 37.9 Å². The zero-order valence-electron chi connectivity index (χ0n) is 22.8. The summed E-state index contributed by atoms with van der Waals surface area (Å²) in [5.74, 6) is 0. The van der Waals surface area contributed by atoms with E-state index in [9.17, 15) is 0 Å². The Hall–Kier alpha value is -5.60. The Morgan fingerprint density at radius 3 is 1.90 bits per heavy atom. The van der Waals surface area contributed by atoms with Gasteiger partial charge >= 0.3 is 0 Å². The van der Waals surface area contributed by atoms with Crippen molar-refractivity contribution < 1.29 is 0 Å². The van der Waals surface area contributed by atoms with E-state index >= 15 is 0 Å². The van der Waals surface area contributed by atoms with Gasteiger partial charge in [-0.2, -0.15) is 0 Å². The van der Waals surface area contributed by atoms with Crippen LogP contribution in [0.5, 0.6) is 0 Å². The third kappa shape index (κ3) is 2.69. The highest BCUT2D eigenvalue weighted by atomic mass is 15.0. The topological polar surface area (TPSA) is 9.34 Å². The minimum absolute atomic E-state index is 1.20. The van der Waals surface area contributed by atoms with Crippen LogP contribution in [0, 0.1) is 0 Å². The molecule has 0 aliphatic heterocycles. The van der Waals surface area contributed by atoms with E-state index < -0.39 is 0 Å². The molecule has 2 nitrogen and oxygen atoms in total. The molecular weight excluding hydrogens is 508 g/mol. The predicted octanol–water partition coefficient (Wildman–Crippen LogP) is 10.8. The Morgan fingerprint density at radius 1 is 0.381 bits per heavy atom. The number of rotatable bonds is 2. The van der Waals surface area contributed by atoms with E-state index in [1.54, 1.807) is 0 Å². The van der Waals surface area contributed by atoms with E-state index in [1.165, 1.54) is 87.5 Å². The van der Waals surface area contributed by atoms with Crippen molar-refractivity contribution in [2.24, 2.45) is 0 Å². The number of fused-ring (bicyclic) bond motifs is 8. The lowest BCUT2D eigenvalue weighted by molar-refractivity contribution is 1.18. The minimum Gasteiger partial charge on any atom is -0.308 e. The third-order valence-corrected chi connectivity index (χ3v) is 9.22. The SMILES string of the molecule is c1ccc(-c2ccccc2-n2c3cc4ccccc4c4c5ccccc5n5c6ccccc6c6ccc2c(c43)c65)cc1. The number of nitrogens with zero attached hydrogens (tertiary/aromatic N) is 2. The molecule has 0 fully saturated rings. The van der Waals surface area contributed by atoms with Crippen LogP contribution in [-0.2, 0) is 0 Å². The Bertz CT molecular complexity index is 2670. The maximum absolute atomic E-state index is 2.52. The van der Waals surface area contributed by atoms with Crippen LogP contribution < -0.4 is 0 Å². The molecular formula is C40H24N2. The largest absolute Gasteiger partial charge is 0.308 e. The van der Waals surface area contributed by atoms with Crippen molar-refractivity contribution in [1.82, 2.24) is 8.97 Å². The summed E-state index contributed by atoms with van der Waals surface area (Å²) in [6.07, 6.45) is 0. The molecule has 42 heavy (non-hydrogen) atoms. The van der Waals surface area contributed by atoms with E-state index in [0.717, 1.165) is 0 Å². The van der Waals surface area contributed by atoms with Crippen LogP contribution in [0.4, 0.5) is 0 Å². The van der Waals surface area contributed by atoms with Crippen LogP contribution in [0.15, 0.2) is 146 Å². The maximum atomic E-state index is 2.52. The van der Waals surface area contributed by atoms with E-state index in [1.807, 2.05) is 0 Å². The van der Waals surface area contributed by atoms with Gasteiger partial charge in [-0.05, 0) is 46.7 Å². The van der Waals surface area contributed by atoms with Gasteiger partial charge in [-0.1, -0.05) is 115 Å². The van der Waals surface area contributed by atoms with Crippen molar-refractivity contribution in [2.45, 2.75) is 0 Å². The van der Waals surface area contributed by atoms with Crippen molar-refractivity contribution in [2.75, 3.05) is 0 Å². The smallest absolute Gasteiger partial charge is 0.0641 e. The summed E-state index contributed by atoms with van der Waals surface area (Å²) in [4.78, 5) is 0. The van der Waals surface area contributed by atoms with Gasteiger partial charge in [0.25, 0.3) is 0 Å². The molecule has 0 saturated carbocycles. The second kappa shape index (κ2) is 7.99. The van der Waals surface area contributed by atoms with Gasteiger partial charge in [0.2, 0.25) is 0 Å². The first-order valence-corrected chi connectivity index (χ1v) is 14.5. The molecule has 0 saturated heterocycles. The van der Waals surface area contributed by atoms with Crippen molar-refractivity contribution in [3.8, 4) is 16.8 Å². The Labute approximate surface area is 241 Å². The average Bonchev–Trinajstić information content (AvgIpc) is 3.52. The summed E-state index contributed by atoms with van der Waals surface area (Å²) < 4.78 is 5.03. The Morgan fingerprint density at radius 2 is 1.05 bits per heavy atom. The van der Waals surface area contributed by atoms with E-state index in [4.69, 9.17) is 0 Å². The molecule has 7 aromatic carbocycles. The highest BCUT2D eigenvalue weighted by Gasteiger charge is 2.25. The second-order valence-corrected chi connectivity index (χ2v) is 11.3. The average molecular weight is 533 g/mol. The summed E-state index contributed by atoms with van der Waals surface area (Å²) in [5, 5.41) is 10.4. The molecule has 0 radical (unpaired) electrons. The normalized spacial score (nSPS) is 12.3. The van der Waals surface area contributed by atoms with Gasteiger partial charge in [-0.3, -0.25) is 0 Å². The molecule has 10 aromatic rings. The molecule has 2 heteroatoms. The van der Waals surface area contributed by atoms with E-state index in [2.05, 4.69) is 155 Å². The van der Waals surface area contributed by atoms with Crippen LogP contribution in [0.1, 0.15) is 0 Å². The second-order valence-electron chi connectivity index (χ2n) is 11.3. The molecule has 0 N–H and O–H groups in total. The van der Waals surface area contributed by atoms with Gasteiger partial charge in [-0.15, -0.1) is 0 Å². The zero-order valence-corrected chi connectivity index (χ0v) is 22.8. The summed E-state index contributed by atoms with van der Waals surface area (Å²) in [7, 11) is 0. The van der Waals surface area contributed by atoms with Crippen molar-refractivity contribution >= 4 is 70.7 Å². The fourth-order valence-electron chi connectivity index (χ4n) is 7.57. The predicted molar refractivity (Wildman–Crippen MR) is 178 cm³/mol. The van der Waals surface area contributed by atoms with Crippen LogP contribution in [-0.4, -0.2) is 8.97 Å². The molecule has 0 unspecified atom stereocenters. The summed E-state index contributed by atoms with van der Waals surface area (Å²) in [6.45, 7) is 0. The first-order valence-electron chi connectivity index (χ1n) is 14.5. The van der Waals surface area contributed by atoms with Gasteiger partial charge in [0.05, 0.1) is 33.3 Å². The Kier molecular flexibility index (Phi) is 4.21. The fraction of sp³-hybridized carbons (Fsp3) is 0. The molecule has 0 spiro atoms. The van der Waals surface area contributed by atoms with Crippen LogP contribution in [0.25, 0.3) is 87.5 Å². The highest BCUT2D eigenvalue weighted by molar-refractivity contribution is 6.37. The van der Waals surface area contributed by atoms with Crippen LogP contribution in [0.3, 0.4) is 0 Å². The molecule has 0 aliphatic carbocycles.